The lowest BCUT2D eigenvalue weighted by atomic mass is 10.2. The first-order valence-electron chi connectivity index (χ1n) is 7.39. The molecular formula is C17H14BrN5O2. The monoisotopic (exact) mass is 399 g/mol. The quantitative estimate of drug-likeness (QED) is 0.465. The van der Waals surface area contributed by atoms with Crippen molar-refractivity contribution < 1.29 is 4.92 Å². The molecule has 0 saturated heterocycles. The van der Waals surface area contributed by atoms with Crippen molar-refractivity contribution in [1.82, 2.24) is 9.97 Å². The number of aromatic nitrogens is 2. The molecule has 0 aliphatic rings. The molecule has 0 unspecified atom stereocenters. The maximum absolute atomic E-state index is 11.6. The summed E-state index contributed by atoms with van der Waals surface area (Å²) in [5, 5.41) is 17.6. The van der Waals surface area contributed by atoms with Crippen LogP contribution < -0.4 is 10.6 Å². The number of hydrogen-bond donors (Lipinski definition) is 2. The zero-order valence-electron chi connectivity index (χ0n) is 13.2. The lowest BCUT2D eigenvalue weighted by molar-refractivity contribution is -0.383. The Kier molecular flexibility index (Phi) is 4.90. The fourth-order valence-corrected chi connectivity index (χ4v) is 2.67. The Hall–Kier alpha value is -3.00. The molecule has 0 atom stereocenters. The van der Waals surface area contributed by atoms with Crippen molar-refractivity contribution in [1.29, 1.82) is 0 Å². The van der Waals surface area contributed by atoms with Gasteiger partial charge in [-0.2, -0.15) is 0 Å². The number of benzene rings is 2. The molecular weight excluding hydrogens is 386 g/mol. The van der Waals surface area contributed by atoms with Crippen LogP contribution in [0.15, 0.2) is 59.3 Å². The molecule has 2 aromatic carbocycles. The minimum absolute atomic E-state index is 0.113. The summed E-state index contributed by atoms with van der Waals surface area (Å²) >= 11 is 3.40. The van der Waals surface area contributed by atoms with E-state index >= 15 is 0 Å². The van der Waals surface area contributed by atoms with Crippen molar-refractivity contribution in [3.8, 4) is 0 Å². The standard InChI is InChI=1S/C17H14BrN5O2/c1-11-5-4-6-12(9-11)21-16-15(23(24)25)17(20-10-19-16)22-14-8-3-2-7-13(14)18/h2-10H,1H3,(H2,19,20,21,22). The molecule has 0 bridgehead atoms. The highest BCUT2D eigenvalue weighted by atomic mass is 79.9. The second-order valence-electron chi connectivity index (χ2n) is 5.28. The maximum atomic E-state index is 11.6. The van der Waals surface area contributed by atoms with E-state index in [9.17, 15) is 10.1 Å². The number of nitrogens with zero attached hydrogens (tertiary/aromatic N) is 3. The van der Waals surface area contributed by atoms with E-state index in [0.717, 1.165) is 10.0 Å². The van der Waals surface area contributed by atoms with Gasteiger partial charge in [0.25, 0.3) is 0 Å². The molecule has 25 heavy (non-hydrogen) atoms. The predicted octanol–water partition coefficient (Wildman–Crippen LogP) is 4.94. The molecule has 126 valence electrons. The molecule has 7 nitrogen and oxygen atoms in total. The highest BCUT2D eigenvalue weighted by Gasteiger charge is 2.23. The van der Waals surface area contributed by atoms with Crippen LogP contribution >= 0.6 is 15.9 Å². The number of nitrogens with one attached hydrogen (secondary N) is 2. The maximum Gasteiger partial charge on any atom is 0.353 e. The van der Waals surface area contributed by atoms with Crippen LogP contribution in [0.1, 0.15) is 5.56 Å². The lowest BCUT2D eigenvalue weighted by Crippen LogP contribution is -2.05. The molecule has 1 heterocycles. The third kappa shape index (κ3) is 3.92. The van der Waals surface area contributed by atoms with E-state index in [-0.39, 0.29) is 17.3 Å². The van der Waals surface area contributed by atoms with Gasteiger partial charge in [0, 0.05) is 10.2 Å². The minimum Gasteiger partial charge on any atom is -0.334 e. The number of halogens is 1. The lowest BCUT2D eigenvalue weighted by Gasteiger charge is -2.11. The van der Waals surface area contributed by atoms with Crippen LogP contribution in [-0.2, 0) is 0 Å². The Morgan fingerprint density at radius 2 is 1.76 bits per heavy atom. The Bertz CT molecular complexity index is 932. The molecule has 0 amide bonds. The SMILES string of the molecule is Cc1cccc(Nc2ncnc(Nc3ccccc3Br)c2[N+](=O)[O-])c1. The first kappa shape index (κ1) is 16.8. The number of para-hydroxylation sites is 1. The average molecular weight is 400 g/mol. The van der Waals surface area contributed by atoms with Gasteiger partial charge in [-0.1, -0.05) is 24.3 Å². The van der Waals surface area contributed by atoms with Gasteiger partial charge in [0.1, 0.15) is 6.33 Å². The molecule has 0 aliphatic carbocycles. The Balaban J connectivity index is 2.00. The number of aryl methyl sites for hydroxylation is 1. The summed E-state index contributed by atoms with van der Waals surface area (Å²) in [7, 11) is 0. The van der Waals surface area contributed by atoms with Crippen LogP contribution in [0.2, 0.25) is 0 Å². The summed E-state index contributed by atoms with van der Waals surface area (Å²) in [6.07, 6.45) is 1.28. The summed E-state index contributed by atoms with van der Waals surface area (Å²) in [6.45, 7) is 1.94. The van der Waals surface area contributed by atoms with E-state index in [1.54, 1.807) is 6.07 Å². The summed E-state index contributed by atoms with van der Waals surface area (Å²) < 4.78 is 0.774. The van der Waals surface area contributed by atoms with Gasteiger partial charge >= 0.3 is 5.69 Å². The van der Waals surface area contributed by atoms with Gasteiger partial charge in [-0.25, -0.2) is 9.97 Å². The van der Waals surface area contributed by atoms with Crippen molar-refractivity contribution in [2.24, 2.45) is 0 Å². The smallest absolute Gasteiger partial charge is 0.334 e. The van der Waals surface area contributed by atoms with Crippen molar-refractivity contribution in [2.75, 3.05) is 10.6 Å². The highest BCUT2D eigenvalue weighted by molar-refractivity contribution is 9.10. The Labute approximate surface area is 152 Å². The molecule has 0 spiro atoms. The predicted molar refractivity (Wildman–Crippen MR) is 101 cm³/mol. The number of hydrogen-bond acceptors (Lipinski definition) is 6. The fraction of sp³-hybridized carbons (Fsp3) is 0.0588. The van der Waals surface area contributed by atoms with Gasteiger partial charge < -0.3 is 10.6 Å². The fourth-order valence-electron chi connectivity index (χ4n) is 2.28. The number of anilines is 4. The van der Waals surface area contributed by atoms with Gasteiger partial charge in [-0.15, -0.1) is 0 Å². The first-order valence-corrected chi connectivity index (χ1v) is 8.18. The third-order valence-electron chi connectivity index (χ3n) is 3.41. The second kappa shape index (κ2) is 7.27. The normalized spacial score (nSPS) is 10.3. The average Bonchev–Trinajstić information content (AvgIpc) is 2.57. The molecule has 3 aromatic rings. The molecule has 0 fully saturated rings. The molecule has 1 aromatic heterocycles. The molecule has 8 heteroatoms. The summed E-state index contributed by atoms with van der Waals surface area (Å²) in [6, 6.07) is 14.8. The van der Waals surface area contributed by atoms with Crippen LogP contribution in [0.5, 0.6) is 0 Å². The van der Waals surface area contributed by atoms with E-state index in [2.05, 4.69) is 36.5 Å². The van der Waals surface area contributed by atoms with Crippen molar-refractivity contribution in [2.45, 2.75) is 6.92 Å². The topological polar surface area (TPSA) is 93.0 Å². The first-order chi connectivity index (χ1) is 12.0. The molecule has 2 N–H and O–H groups in total. The Morgan fingerprint density at radius 1 is 1.04 bits per heavy atom. The second-order valence-corrected chi connectivity index (χ2v) is 6.13. The summed E-state index contributed by atoms with van der Waals surface area (Å²) in [5.41, 5.74) is 2.20. The number of nitro groups is 1. The van der Waals surface area contributed by atoms with E-state index in [0.29, 0.717) is 11.4 Å². The van der Waals surface area contributed by atoms with E-state index in [1.165, 1.54) is 6.33 Å². The largest absolute Gasteiger partial charge is 0.353 e. The van der Waals surface area contributed by atoms with Crippen LogP contribution in [0.25, 0.3) is 0 Å². The summed E-state index contributed by atoms with van der Waals surface area (Å²) in [5.74, 6) is 0.238. The van der Waals surface area contributed by atoms with Crippen molar-refractivity contribution in [3.05, 3.63) is 75.0 Å². The highest BCUT2D eigenvalue weighted by Crippen LogP contribution is 2.34. The minimum atomic E-state index is -0.503. The van der Waals surface area contributed by atoms with Gasteiger partial charge in [0.05, 0.1) is 10.6 Å². The third-order valence-corrected chi connectivity index (χ3v) is 4.10. The zero-order chi connectivity index (χ0) is 17.8. The van der Waals surface area contributed by atoms with E-state index in [1.807, 2.05) is 49.4 Å². The van der Waals surface area contributed by atoms with Crippen LogP contribution in [-0.4, -0.2) is 14.9 Å². The molecule has 0 saturated carbocycles. The van der Waals surface area contributed by atoms with Gasteiger partial charge in [-0.3, -0.25) is 10.1 Å². The summed E-state index contributed by atoms with van der Waals surface area (Å²) in [4.78, 5) is 19.2. The van der Waals surface area contributed by atoms with Crippen LogP contribution in [0, 0.1) is 17.0 Å². The van der Waals surface area contributed by atoms with E-state index in [4.69, 9.17) is 0 Å². The zero-order valence-corrected chi connectivity index (χ0v) is 14.8. The van der Waals surface area contributed by atoms with Gasteiger partial charge in [0.15, 0.2) is 0 Å². The van der Waals surface area contributed by atoms with E-state index < -0.39 is 4.92 Å². The van der Waals surface area contributed by atoms with Gasteiger partial charge in [0.2, 0.25) is 11.6 Å². The van der Waals surface area contributed by atoms with Gasteiger partial charge in [-0.05, 0) is 52.7 Å². The van der Waals surface area contributed by atoms with Crippen molar-refractivity contribution in [3.63, 3.8) is 0 Å². The van der Waals surface area contributed by atoms with Crippen LogP contribution in [0.3, 0.4) is 0 Å². The van der Waals surface area contributed by atoms with Crippen LogP contribution in [0.4, 0.5) is 28.7 Å². The number of rotatable bonds is 5. The Morgan fingerprint density at radius 3 is 2.44 bits per heavy atom. The molecule has 3 rings (SSSR count). The molecule has 0 radical (unpaired) electrons. The van der Waals surface area contributed by atoms with Crippen molar-refractivity contribution >= 4 is 44.6 Å². The molecule has 0 aliphatic heterocycles.